The zero-order chi connectivity index (χ0) is 10.6. The Balaban J connectivity index is 0.00000196. The first kappa shape index (κ1) is 13.6. The van der Waals surface area contributed by atoms with Crippen molar-refractivity contribution in [3.05, 3.63) is 29.3 Å². The molecule has 15 heavy (non-hydrogen) atoms. The summed E-state index contributed by atoms with van der Waals surface area (Å²) in [5.74, 6) is -1.83. The summed E-state index contributed by atoms with van der Waals surface area (Å²) in [5, 5.41) is 8.38. The number of hydrogen-bond donors (Lipinski definition) is 1. The standard InChI is InChI=1S/C9H8F2N2O.ClH/c10-8-3-6(14-2-1-12)4-9(11)7(8)5-13;/h3-4H,1-2,12H2;1H. The van der Waals surface area contributed by atoms with Gasteiger partial charge in [0.2, 0.25) is 0 Å². The van der Waals surface area contributed by atoms with Gasteiger partial charge in [0.1, 0.15) is 35.6 Å². The van der Waals surface area contributed by atoms with E-state index in [-0.39, 0.29) is 31.3 Å². The SMILES string of the molecule is Cl.N#Cc1c(F)cc(OCCN)cc1F. The van der Waals surface area contributed by atoms with Gasteiger partial charge >= 0.3 is 0 Å². The van der Waals surface area contributed by atoms with Crippen LogP contribution in [-0.2, 0) is 0 Å². The van der Waals surface area contributed by atoms with E-state index in [0.717, 1.165) is 12.1 Å². The third-order valence-electron chi connectivity index (χ3n) is 1.51. The van der Waals surface area contributed by atoms with E-state index >= 15 is 0 Å². The van der Waals surface area contributed by atoms with Gasteiger partial charge < -0.3 is 10.5 Å². The van der Waals surface area contributed by atoms with Gasteiger partial charge in [0.15, 0.2) is 0 Å². The molecule has 0 aliphatic rings. The fourth-order valence-corrected chi connectivity index (χ4v) is 0.917. The summed E-state index contributed by atoms with van der Waals surface area (Å²) in [6.45, 7) is 0.425. The fraction of sp³-hybridized carbons (Fsp3) is 0.222. The number of ether oxygens (including phenoxy) is 1. The Morgan fingerprint density at radius 3 is 2.27 bits per heavy atom. The largest absolute Gasteiger partial charge is 0.492 e. The van der Waals surface area contributed by atoms with Gasteiger partial charge in [-0.25, -0.2) is 8.78 Å². The van der Waals surface area contributed by atoms with Crippen LogP contribution in [0.3, 0.4) is 0 Å². The summed E-state index contributed by atoms with van der Waals surface area (Å²) < 4.78 is 30.8. The molecular weight excluding hydrogens is 226 g/mol. The Morgan fingerprint density at radius 2 is 1.87 bits per heavy atom. The van der Waals surface area contributed by atoms with Crippen LogP contribution in [-0.4, -0.2) is 13.2 Å². The van der Waals surface area contributed by atoms with Crippen molar-refractivity contribution < 1.29 is 13.5 Å². The minimum atomic E-state index is -0.931. The average molecular weight is 235 g/mol. The van der Waals surface area contributed by atoms with Gasteiger partial charge in [0.05, 0.1) is 0 Å². The number of nitrogens with zero attached hydrogens (tertiary/aromatic N) is 1. The molecule has 0 fully saturated rings. The normalized spacial score (nSPS) is 8.93. The van der Waals surface area contributed by atoms with Crippen molar-refractivity contribution in [3.63, 3.8) is 0 Å². The molecule has 0 spiro atoms. The second kappa shape index (κ2) is 6.17. The Labute approximate surface area is 91.9 Å². The van der Waals surface area contributed by atoms with E-state index in [2.05, 4.69) is 0 Å². The van der Waals surface area contributed by atoms with Gasteiger partial charge in [-0.15, -0.1) is 12.4 Å². The van der Waals surface area contributed by atoms with E-state index in [4.69, 9.17) is 15.7 Å². The summed E-state index contributed by atoms with van der Waals surface area (Å²) in [7, 11) is 0. The van der Waals surface area contributed by atoms with E-state index in [9.17, 15) is 8.78 Å². The first-order valence-electron chi connectivity index (χ1n) is 3.91. The van der Waals surface area contributed by atoms with Crippen molar-refractivity contribution >= 4 is 12.4 Å². The highest BCUT2D eigenvalue weighted by Gasteiger charge is 2.10. The van der Waals surface area contributed by atoms with Gasteiger partial charge in [-0.05, 0) is 0 Å². The lowest BCUT2D eigenvalue weighted by Crippen LogP contribution is -2.11. The molecule has 0 radical (unpaired) electrons. The smallest absolute Gasteiger partial charge is 0.147 e. The quantitative estimate of drug-likeness (QED) is 0.864. The number of nitrogens with two attached hydrogens (primary N) is 1. The van der Waals surface area contributed by atoms with Crippen LogP contribution in [0.2, 0.25) is 0 Å². The summed E-state index contributed by atoms with van der Waals surface area (Å²) in [5.41, 5.74) is 4.54. The highest BCUT2D eigenvalue weighted by molar-refractivity contribution is 5.85. The molecule has 1 aromatic carbocycles. The molecule has 3 nitrogen and oxygen atoms in total. The number of nitriles is 1. The second-order valence-corrected chi connectivity index (χ2v) is 2.51. The Hall–Kier alpha value is -1.38. The highest BCUT2D eigenvalue weighted by atomic mass is 35.5. The van der Waals surface area contributed by atoms with Gasteiger partial charge in [0.25, 0.3) is 0 Å². The van der Waals surface area contributed by atoms with Crippen LogP contribution in [0.25, 0.3) is 0 Å². The first-order valence-corrected chi connectivity index (χ1v) is 3.91. The predicted molar refractivity (Wildman–Crippen MR) is 52.9 cm³/mol. The lowest BCUT2D eigenvalue weighted by Gasteiger charge is -2.05. The second-order valence-electron chi connectivity index (χ2n) is 2.51. The van der Waals surface area contributed by atoms with E-state index < -0.39 is 17.2 Å². The summed E-state index contributed by atoms with van der Waals surface area (Å²) in [4.78, 5) is 0. The molecule has 0 unspecified atom stereocenters. The molecule has 1 aromatic rings. The maximum Gasteiger partial charge on any atom is 0.147 e. The summed E-state index contributed by atoms with van der Waals surface area (Å²) in [6, 6.07) is 3.33. The maximum atomic E-state index is 13.0. The van der Waals surface area contributed by atoms with E-state index in [1.807, 2.05) is 0 Å². The Kier molecular flexibility index (Phi) is 5.60. The first-order chi connectivity index (χ1) is 6.69. The van der Waals surface area contributed by atoms with E-state index in [1.165, 1.54) is 6.07 Å². The molecule has 0 aromatic heterocycles. The Morgan fingerprint density at radius 1 is 1.33 bits per heavy atom. The topological polar surface area (TPSA) is 59.0 Å². The molecule has 0 atom stereocenters. The van der Waals surface area contributed by atoms with Crippen molar-refractivity contribution in [2.45, 2.75) is 0 Å². The number of benzene rings is 1. The van der Waals surface area contributed by atoms with Crippen molar-refractivity contribution in [2.24, 2.45) is 5.73 Å². The van der Waals surface area contributed by atoms with Gasteiger partial charge in [-0.1, -0.05) is 0 Å². The van der Waals surface area contributed by atoms with Crippen LogP contribution >= 0.6 is 12.4 Å². The van der Waals surface area contributed by atoms with Crippen LogP contribution in [0.15, 0.2) is 12.1 Å². The Bertz CT molecular complexity index is 356. The molecule has 0 aliphatic carbocycles. The predicted octanol–water partition coefficient (Wildman–Crippen LogP) is 1.60. The zero-order valence-electron chi connectivity index (χ0n) is 7.67. The lowest BCUT2D eigenvalue weighted by atomic mass is 10.2. The van der Waals surface area contributed by atoms with Crippen molar-refractivity contribution in [1.29, 1.82) is 5.26 Å². The van der Waals surface area contributed by atoms with Crippen LogP contribution in [0.1, 0.15) is 5.56 Å². The molecule has 0 aliphatic heterocycles. The van der Waals surface area contributed by atoms with Gasteiger partial charge in [-0.3, -0.25) is 0 Å². The number of hydrogen-bond acceptors (Lipinski definition) is 3. The summed E-state index contributed by atoms with van der Waals surface area (Å²) >= 11 is 0. The molecule has 0 heterocycles. The van der Waals surface area contributed by atoms with Crippen LogP contribution < -0.4 is 10.5 Å². The fourth-order valence-electron chi connectivity index (χ4n) is 0.917. The minimum Gasteiger partial charge on any atom is -0.492 e. The maximum absolute atomic E-state index is 13.0. The average Bonchev–Trinajstić information content (AvgIpc) is 2.14. The number of halogens is 3. The molecule has 0 amide bonds. The van der Waals surface area contributed by atoms with Crippen LogP contribution in [0, 0.1) is 23.0 Å². The molecular formula is C9H9ClF2N2O. The molecule has 1 rings (SSSR count). The van der Waals surface area contributed by atoms with Crippen molar-refractivity contribution in [3.8, 4) is 11.8 Å². The molecule has 6 heteroatoms. The monoisotopic (exact) mass is 234 g/mol. The highest BCUT2D eigenvalue weighted by Crippen LogP contribution is 2.19. The summed E-state index contributed by atoms with van der Waals surface area (Å²) in [6.07, 6.45) is 0. The molecule has 0 saturated carbocycles. The molecule has 2 N–H and O–H groups in total. The molecule has 0 bridgehead atoms. The third kappa shape index (κ3) is 3.35. The van der Waals surface area contributed by atoms with Gasteiger partial charge in [0, 0.05) is 18.7 Å². The third-order valence-corrected chi connectivity index (χ3v) is 1.51. The lowest BCUT2D eigenvalue weighted by molar-refractivity contribution is 0.324. The molecule has 82 valence electrons. The van der Waals surface area contributed by atoms with Crippen molar-refractivity contribution in [2.75, 3.05) is 13.2 Å². The van der Waals surface area contributed by atoms with E-state index in [1.54, 1.807) is 0 Å². The molecule has 0 saturated heterocycles. The zero-order valence-corrected chi connectivity index (χ0v) is 8.48. The van der Waals surface area contributed by atoms with Gasteiger partial charge in [-0.2, -0.15) is 5.26 Å². The van der Waals surface area contributed by atoms with Crippen LogP contribution in [0.5, 0.6) is 5.75 Å². The van der Waals surface area contributed by atoms with Crippen LogP contribution in [0.4, 0.5) is 8.78 Å². The number of rotatable bonds is 3. The van der Waals surface area contributed by atoms with Crippen molar-refractivity contribution in [1.82, 2.24) is 0 Å². The minimum absolute atomic E-state index is 0. The van der Waals surface area contributed by atoms with E-state index in [0.29, 0.717) is 0 Å².